The second-order valence-electron chi connectivity index (χ2n) is 4.97. The standard InChI is InChI=1S/C16H15NO3.C2H4O2/c1-11(15(17)18)13-8-5-9-14(10-13)20-16(19)12-6-3-2-4-7-12;1-2(3)4/h2-11H,1H3,(H2,17,18);1H3,(H,3,4). The molecule has 126 valence electrons. The van der Waals surface area contributed by atoms with Gasteiger partial charge in [0.1, 0.15) is 5.75 Å². The van der Waals surface area contributed by atoms with Crippen molar-refractivity contribution in [3.05, 3.63) is 65.7 Å². The van der Waals surface area contributed by atoms with Crippen LogP contribution < -0.4 is 10.5 Å². The Morgan fingerprint density at radius 3 is 2.17 bits per heavy atom. The van der Waals surface area contributed by atoms with E-state index in [4.69, 9.17) is 20.4 Å². The van der Waals surface area contributed by atoms with Crippen molar-refractivity contribution in [1.82, 2.24) is 0 Å². The molecule has 2 aromatic rings. The van der Waals surface area contributed by atoms with Gasteiger partial charge in [0.05, 0.1) is 11.5 Å². The summed E-state index contributed by atoms with van der Waals surface area (Å²) >= 11 is 0. The van der Waals surface area contributed by atoms with Crippen LogP contribution in [0.1, 0.15) is 35.7 Å². The number of aliphatic carboxylic acids is 1. The third-order valence-corrected chi connectivity index (χ3v) is 3.00. The molecule has 6 heteroatoms. The van der Waals surface area contributed by atoms with E-state index in [-0.39, 0.29) is 0 Å². The first kappa shape index (κ1) is 18.9. The minimum Gasteiger partial charge on any atom is -0.481 e. The Balaban J connectivity index is 0.000000648. The quantitative estimate of drug-likeness (QED) is 0.662. The number of primary amides is 1. The van der Waals surface area contributed by atoms with E-state index in [0.29, 0.717) is 11.3 Å². The Bertz CT molecular complexity index is 708. The SMILES string of the molecule is CC(=O)O.CC(C(N)=O)c1cccc(OC(=O)c2ccccc2)c1. The summed E-state index contributed by atoms with van der Waals surface area (Å²) in [5.74, 6) is -1.72. The zero-order valence-electron chi connectivity index (χ0n) is 13.4. The molecule has 0 aliphatic carbocycles. The molecule has 0 heterocycles. The fourth-order valence-corrected chi connectivity index (χ4v) is 1.75. The summed E-state index contributed by atoms with van der Waals surface area (Å²) in [6.07, 6.45) is 0. The van der Waals surface area contributed by atoms with Crippen LogP contribution in [0, 0.1) is 0 Å². The van der Waals surface area contributed by atoms with Gasteiger partial charge in [-0.25, -0.2) is 4.79 Å². The number of carbonyl (C=O) groups is 3. The summed E-state index contributed by atoms with van der Waals surface area (Å²) in [4.78, 5) is 32.1. The molecule has 0 radical (unpaired) electrons. The van der Waals surface area contributed by atoms with E-state index < -0.39 is 23.8 Å². The average Bonchev–Trinajstić information content (AvgIpc) is 2.54. The summed E-state index contributed by atoms with van der Waals surface area (Å²) in [6.45, 7) is 2.79. The van der Waals surface area contributed by atoms with Crippen LogP contribution in [0.2, 0.25) is 0 Å². The Morgan fingerprint density at radius 1 is 1.04 bits per heavy atom. The second kappa shape index (κ2) is 9.09. The van der Waals surface area contributed by atoms with Crippen molar-refractivity contribution in [3.8, 4) is 5.75 Å². The van der Waals surface area contributed by atoms with Gasteiger partial charge in [0, 0.05) is 6.92 Å². The predicted molar refractivity (Wildman–Crippen MR) is 88.8 cm³/mol. The van der Waals surface area contributed by atoms with E-state index in [1.807, 2.05) is 6.07 Å². The smallest absolute Gasteiger partial charge is 0.343 e. The number of carboxylic acid groups (broad SMARTS) is 1. The first-order valence-corrected chi connectivity index (χ1v) is 7.17. The van der Waals surface area contributed by atoms with Gasteiger partial charge >= 0.3 is 5.97 Å². The first-order chi connectivity index (χ1) is 11.3. The van der Waals surface area contributed by atoms with Crippen molar-refractivity contribution in [2.24, 2.45) is 5.73 Å². The fourth-order valence-electron chi connectivity index (χ4n) is 1.75. The van der Waals surface area contributed by atoms with Gasteiger partial charge in [-0.05, 0) is 36.8 Å². The number of benzene rings is 2. The maximum Gasteiger partial charge on any atom is 0.343 e. The highest BCUT2D eigenvalue weighted by Crippen LogP contribution is 2.21. The van der Waals surface area contributed by atoms with E-state index in [2.05, 4.69) is 0 Å². The highest BCUT2D eigenvalue weighted by molar-refractivity contribution is 5.91. The molecule has 0 bridgehead atoms. The molecule has 0 saturated heterocycles. The topological polar surface area (TPSA) is 107 Å². The van der Waals surface area contributed by atoms with Crippen molar-refractivity contribution in [3.63, 3.8) is 0 Å². The number of nitrogens with two attached hydrogens (primary N) is 1. The lowest BCUT2D eigenvalue weighted by molar-refractivity contribution is -0.134. The highest BCUT2D eigenvalue weighted by Gasteiger charge is 2.13. The molecule has 2 aromatic carbocycles. The summed E-state index contributed by atoms with van der Waals surface area (Å²) in [7, 11) is 0. The van der Waals surface area contributed by atoms with Gasteiger partial charge < -0.3 is 15.6 Å². The number of esters is 1. The summed E-state index contributed by atoms with van der Waals surface area (Å²) in [5, 5.41) is 7.42. The van der Waals surface area contributed by atoms with Gasteiger partial charge in [-0.15, -0.1) is 0 Å². The summed E-state index contributed by atoms with van der Waals surface area (Å²) in [6, 6.07) is 15.5. The zero-order valence-corrected chi connectivity index (χ0v) is 13.4. The number of rotatable bonds is 4. The molecule has 0 spiro atoms. The third-order valence-electron chi connectivity index (χ3n) is 3.00. The highest BCUT2D eigenvalue weighted by atomic mass is 16.5. The van der Waals surface area contributed by atoms with E-state index in [1.54, 1.807) is 55.5 Å². The molecular formula is C18H19NO5. The van der Waals surface area contributed by atoms with Crippen LogP contribution in [0.15, 0.2) is 54.6 Å². The van der Waals surface area contributed by atoms with Crippen LogP contribution in [0.25, 0.3) is 0 Å². The average molecular weight is 329 g/mol. The van der Waals surface area contributed by atoms with Crippen LogP contribution in [0.4, 0.5) is 0 Å². The molecule has 6 nitrogen and oxygen atoms in total. The number of carboxylic acids is 1. The summed E-state index contributed by atoms with van der Waals surface area (Å²) < 4.78 is 5.28. The van der Waals surface area contributed by atoms with Crippen LogP contribution in [-0.2, 0) is 9.59 Å². The van der Waals surface area contributed by atoms with Crippen LogP contribution in [0.3, 0.4) is 0 Å². The zero-order chi connectivity index (χ0) is 18.1. The molecule has 0 aromatic heterocycles. The van der Waals surface area contributed by atoms with Crippen LogP contribution in [0.5, 0.6) is 5.75 Å². The van der Waals surface area contributed by atoms with Gasteiger partial charge in [0.2, 0.25) is 5.91 Å². The monoisotopic (exact) mass is 329 g/mol. The number of ether oxygens (including phenoxy) is 1. The van der Waals surface area contributed by atoms with Gasteiger partial charge in [-0.2, -0.15) is 0 Å². The molecule has 1 amide bonds. The minimum absolute atomic E-state index is 0.393. The molecule has 0 saturated carbocycles. The minimum atomic E-state index is -0.833. The third kappa shape index (κ3) is 6.31. The van der Waals surface area contributed by atoms with E-state index in [9.17, 15) is 9.59 Å². The lowest BCUT2D eigenvalue weighted by Crippen LogP contribution is -2.18. The number of hydrogen-bond donors (Lipinski definition) is 2. The fraction of sp³-hybridized carbons (Fsp3) is 0.167. The van der Waals surface area contributed by atoms with E-state index in [1.165, 1.54) is 0 Å². The molecule has 0 aliphatic rings. The number of amides is 1. The van der Waals surface area contributed by atoms with Crippen molar-refractivity contribution in [1.29, 1.82) is 0 Å². The van der Waals surface area contributed by atoms with Gasteiger partial charge in [0.15, 0.2) is 0 Å². The van der Waals surface area contributed by atoms with Gasteiger partial charge in [0.25, 0.3) is 5.97 Å². The summed E-state index contributed by atoms with van der Waals surface area (Å²) in [5.41, 5.74) is 6.46. The Morgan fingerprint density at radius 2 is 1.62 bits per heavy atom. The molecule has 2 rings (SSSR count). The lowest BCUT2D eigenvalue weighted by Gasteiger charge is -2.10. The van der Waals surface area contributed by atoms with Gasteiger partial charge in [-0.1, -0.05) is 30.3 Å². The normalized spacial score (nSPS) is 10.8. The Hall–Kier alpha value is -3.15. The number of hydrogen-bond acceptors (Lipinski definition) is 4. The predicted octanol–water partition coefficient (Wildman–Crippen LogP) is 2.59. The molecule has 3 N–H and O–H groups in total. The maximum atomic E-state index is 11.9. The molecule has 0 fully saturated rings. The van der Waals surface area contributed by atoms with E-state index in [0.717, 1.165) is 12.5 Å². The number of carbonyl (C=O) groups excluding carboxylic acids is 2. The van der Waals surface area contributed by atoms with Gasteiger partial charge in [-0.3, -0.25) is 9.59 Å². The molecule has 1 unspecified atom stereocenters. The van der Waals surface area contributed by atoms with Crippen molar-refractivity contribution >= 4 is 17.8 Å². The van der Waals surface area contributed by atoms with Crippen LogP contribution >= 0.6 is 0 Å². The van der Waals surface area contributed by atoms with Crippen molar-refractivity contribution in [2.75, 3.05) is 0 Å². The van der Waals surface area contributed by atoms with Crippen molar-refractivity contribution < 1.29 is 24.2 Å². The first-order valence-electron chi connectivity index (χ1n) is 7.17. The second-order valence-corrected chi connectivity index (χ2v) is 4.97. The molecule has 1 atom stereocenters. The molecule has 24 heavy (non-hydrogen) atoms. The largest absolute Gasteiger partial charge is 0.481 e. The molecule has 0 aliphatic heterocycles. The Kier molecular flexibility index (Phi) is 7.16. The van der Waals surface area contributed by atoms with Crippen molar-refractivity contribution in [2.45, 2.75) is 19.8 Å². The van der Waals surface area contributed by atoms with E-state index >= 15 is 0 Å². The van der Waals surface area contributed by atoms with Crippen LogP contribution in [-0.4, -0.2) is 23.0 Å². The molecular weight excluding hydrogens is 310 g/mol. The lowest BCUT2D eigenvalue weighted by atomic mass is 10.0. The maximum absolute atomic E-state index is 11.9. The Labute approximate surface area is 139 Å².